The first kappa shape index (κ1) is 17.2. The molecule has 0 aliphatic heterocycles. The number of aryl methyl sites for hydroxylation is 1. The van der Waals surface area contributed by atoms with Gasteiger partial charge < -0.3 is 18.8 Å². The normalized spacial score (nSPS) is 12.4. The van der Waals surface area contributed by atoms with Gasteiger partial charge in [-0.1, -0.05) is 13.0 Å². The van der Waals surface area contributed by atoms with Crippen molar-refractivity contribution in [2.24, 2.45) is 0 Å². The summed E-state index contributed by atoms with van der Waals surface area (Å²) in [7, 11) is 0. The van der Waals surface area contributed by atoms with Gasteiger partial charge in [-0.05, 0) is 37.1 Å². The molecule has 0 saturated heterocycles. The Morgan fingerprint density at radius 2 is 2.24 bits per heavy atom. The van der Waals surface area contributed by atoms with Crippen LogP contribution in [-0.2, 0) is 17.8 Å². The molecule has 0 radical (unpaired) electrons. The number of carbonyl (C=O) groups is 1. The summed E-state index contributed by atoms with van der Waals surface area (Å²) in [6.45, 7) is 4.23. The van der Waals surface area contributed by atoms with Crippen molar-refractivity contribution in [3.8, 4) is 0 Å². The molecule has 3 rings (SSSR count). The molecule has 1 N–H and O–H groups in total. The number of aliphatic hydroxyl groups excluding tert-OH is 1. The van der Waals surface area contributed by atoms with Crippen LogP contribution in [0.1, 0.15) is 30.4 Å². The minimum absolute atomic E-state index is 0.0550. The van der Waals surface area contributed by atoms with E-state index in [1.54, 1.807) is 23.4 Å². The number of imidazole rings is 1. The van der Waals surface area contributed by atoms with Crippen LogP contribution in [-0.4, -0.2) is 37.9 Å². The standard InChI is InChI=1S/C19H23N3O3/c1-3-15(13-23)22(12-17-7-5-9-25-17)18(24)10-16-11-20-19-14(2)6-4-8-21(16)19/h4-9,11,15,23H,3,10,12-13H2,1-2H3. The summed E-state index contributed by atoms with van der Waals surface area (Å²) in [5, 5.41) is 9.67. The lowest BCUT2D eigenvalue weighted by Gasteiger charge is -2.29. The second kappa shape index (κ2) is 7.53. The largest absolute Gasteiger partial charge is 0.467 e. The highest BCUT2D eigenvalue weighted by Crippen LogP contribution is 2.16. The highest BCUT2D eigenvalue weighted by Gasteiger charge is 2.24. The van der Waals surface area contributed by atoms with Crippen LogP contribution < -0.4 is 0 Å². The molecule has 3 heterocycles. The number of hydrogen-bond acceptors (Lipinski definition) is 4. The third kappa shape index (κ3) is 3.58. The third-order valence-corrected chi connectivity index (χ3v) is 4.49. The van der Waals surface area contributed by atoms with Crippen molar-refractivity contribution in [2.75, 3.05) is 6.61 Å². The number of nitrogens with zero attached hydrogens (tertiary/aromatic N) is 3. The van der Waals surface area contributed by atoms with Gasteiger partial charge in [0, 0.05) is 12.4 Å². The van der Waals surface area contributed by atoms with Crippen molar-refractivity contribution >= 4 is 11.6 Å². The number of aromatic nitrogens is 2. The molecule has 1 amide bonds. The van der Waals surface area contributed by atoms with E-state index < -0.39 is 0 Å². The Morgan fingerprint density at radius 1 is 1.40 bits per heavy atom. The van der Waals surface area contributed by atoms with Gasteiger partial charge in [-0.3, -0.25) is 4.79 Å². The van der Waals surface area contributed by atoms with E-state index in [9.17, 15) is 9.90 Å². The van der Waals surface area contributed by atoms with Gasteiger partial charge in [-0.15, -0.1) is 0 Å². The molecule has 0 bridgehead atoms. The highest BCUT2D eigenvalue weighted by molar-refractivity contribution is 5.79. The molecule has 6 heteroatoms. The van der Waals surface area contributed by atoms with Crippen molar-refractivity contribution in [1.29, 1.82) is 0 Å². The molecule has 3 aromatic rings. The molecule has 132 valence electrons. The maximum atomic E-state index is 13.0. The van der Waals surface area contributed by atoms with E-state index in [1.807, 2.05) is 42.6 Å². The Balaban J connectivity index is 1.84. The first-order valence-electron chi connectivity index (χ1n) is 8.48. The van der Waals surface area contributed by atoms with Crippen LogP contribution in [0, 0.1) is 6.92 Å². The maximum Gasteiger partial charge on any atom is 0.229 e. The quantitative estimate of drug-likeness (QED) is 0.717. The molecule has 0 fully saturated rings. The smallest absolute Gasteiger partial charge is 0.229 e. The Morgan fingerprint density at radius 3 is 2.92 bits per heavy atom. The molecule has 0 aromatic carbocycles. The fourth-order valence-electron chi connectivity index (χ4n) is 3.03. The van der Waals surface area contributed by atoms with Crippen molar-refractivity contribution < 1.29 is 14.3 Å². The number of fused-ring (bicyclic) bond motifs is 1. The molecule has 0 aliphatic carbocycles. The van der Waals surface area contributed by atoms with Crippen LogP contribution in [0.5, 0.6) is 0 Å². The fraction of sp³-hybridized carbons (Fsp3) is 0.368. The van der Waals surface area contributed by atoms with E-state index in [-0.39, 0.29) is 25.0 Å². The van der Waals surface area contributed by atoms with Crippen LogP contribution in [0.3, 0.4) is 0 Å². The Labute approximate surface area is 146 Å². The zero-order chi connectivity index (χ0) is 17.8. The molecule has 0 spiro atoms. The molecule has 0 saturated carbocycles. The summed E-state index contributed by atoms with van der Waals surface area (Å²) in [5.41, 5.74) is 2.76. The van der Waals surface area contributed by atoms with E-state index in [0.29, 0.717) is 18.7 Å². The van der Waals surface area contributed by atoms with E-state index in [4.69, 9.17) is 4.42 Å². The number of hydrogen-bond donors (Lipinski definition) is 1. The van der Waals surface area contributed by atoms with Crippen LogP contribution in [0.4, 0.5) is 0 Å². The molecule has 0 aliphatic rings. The SMILES string of the molecule is CCC(CO)N(Cc1ccco1)C(=O)Cc1cnc2c(C)cccn12. The molecular weight excluding hydrogens is 318 g/mol. The second-order valence-electron chi connectivity index (χ2n) is 6.16. The summed E-state index contributed by atoms with van der Waals surface area (Å²) in [5.74, 6) is 0.648. The van der Waals surface area contributed by atoms with Crippen LogP contribution in [0.2, 0.25) is 0 Å². The third-order valence-electron chi connectivity index (χ3n) is 4.49. The number of carbonyl (C=O) groups excluding carboxylic acids is 1. The zero-order valence-electron chi connectivity index (χ0n) is 14.6. The van der Waals surface area contributed by atoms with Gasteiger partial charge in [0.15, 0.2) is 0 Å². The van der Waals surface area contributed by atoms with Crippen molar-refractivity contribution in [3.05, 3.63) is 59.9 Å². The molecule has 25 heavy (non-hydrogen) atoms. The minimum atomic E-state index is -0.237. The summed E-state index contributed by atoms with van der Waals surface area (Å²) in [6.07, 6.45) is 6.14. The summed E-state index contributed by atoms with van der Waals surface area (Å²) in [4.78, 5) is 19.1. The van der Waals surface area contributed by atoms with Gasteiger partial charge in [0.05, 0.1) is 37.6 Å². The molecule has 1 unspecified atom stereocenters. The Bertz CT molecular complexity index is 835. The minimum Gasteiger partial charge on any atom is -0.467 e. The fourth-order valence-corrected chi connectivity index (χ4v) is 3.03. The van der Waals surface area contributed by atoms with Crippen LogP contribution >= 0.6 is 0 Å². The van der Waals surface area contributed by atoms with E-state index in [0.717, 1.165) is 16.9 Å². The predicted molar refractivity (Wildman–Crippen MR) is 94.1 cm³/mol. The van der Waals surface area contributed by atoms with Gasteiger partial charge >= 0.3 is 0 Å². The average molecular weight is 341 g/mol. The monoisotopic (exact) mass is 341 g/mol. The first-order chi connectivity index (χ1) is 12.1. The van der Waals surface area contributed by atoms with Gasteiger partial charge in [-0.25, -0.2) is 4.98 Å². The maximum absolute atomic E-state index is 13.0. The van der Waals surface area contributed by atoms with E-state index in [1.165, 1.54) is 0 Å². The van der Waals surface area contributed by atoms with E-state index >= 15 is 0 Å². The molecular formula is C19H23N3O3. The van der Waals surface area contributed by atoms with Crippen LogP contribution in [0.15, 0.2) is 47.3 Å². The topological polar surface area (TPSA) is 71.0 Å². The van der Waals surface area contributed by atoms with Crippen molar-refractivity contribution in [2.45, 2.75) is 39.3 Å². The Kier molecular flexibility index (Phi) is 5.19. The van der Waals surface area contributed by atoms with Crippen LogP contribution in [0.25, 0.3) is 5.65 Å². The molecule has 1 atom stereocenters. The van der Waals surface area contributed by atoms with Crippen molar-refractivity contribution in [1.82, 2.24) is 14.3 Å². The number of furan rings is 1. The summed E-state index contributed by atoms with van der Waals surface area (Å²) in [6, 6.07) is 7.34. The average Bonchev–Trinajstić information content (AvgIpc) is 3.26. The van der Waals surface area contributed by atoms with Crippen molar-refractivity contribution in [3.63, 3.8) is 0 Å². The number of pyridine rings is 1. The van der Waals surface area contributed by atoms with Gasteiger partial charge in [0.1, 0.15) is 11.4 Å². The van der Waals surface area contributed by atoms with E-state index in [2.05, 4.69) is 4.98 Å². The lowest BCUT2D eigenvalue weighted by molar-refractivity contribution is -0.135. The summed E-state index contributed by atoms with van der Waals surface area (Å²) < 4.78 is 7.32. The predicted octanol–water partition coefficient (Wildman–Crippen LogP) is 2.58. The lowest BCUT2D eigenvalue weighted by atomic mass is 10.1. The second-order valence-corrected chi connectivity index (χ2v) is 6.16. The first-order valence-corrected chi connectivity index (χ1v) is 8.48. The highest BCUT2D eigenvalue weighted by atomic mass is 16.3. The van der Waals surface area contributed by atoms with Gasteiger partial charge in [0.25, 0.3) is 0 Å². The number of aliphatic hydroxyl groups is 1. The van der Waals surface area contributed by atoms with Gasteiger partial charge in [0.2, 0.25) is 5.91 Å². The lowest BCUT2D eigenvalue weighted by Crippen LogP contribution is -2.42. The number of amides is 1. The Hall–Kier alpha value is -2.60. The van der Waals surface area contributed by atoms with Gasteiger partial charge in [-0.2, -0.15) is 0 Å². The zero-order valence-corrected chi connectivity index (χ0v) is 14.6. The number of rotatable bonds is 7. The molecule has 6 nitrogen and oxygen atoms in total. The summed E-state index contributed by atoms with van der Waals surface area (Å²) >= 11 is 0. The molecule has 3 aromatic heterocycles.